The summed E-state index contributed by atoms with van der Waals surface area (Å²) < 4.78 is 18.9. The number of carbonyl (C=O) groups excluding carboxylic acids is 1. The van der Waals surface area contributed by atoms with E-state index >= 15 is 0 Å². The number of hydrogen-bond acceptors (Lipinski definition) is 4. The Hall–Kier alpha value is -2.68. The largest absolute Gasteiger partial charge is 0.494 e. The molecule has 4 nitrogen and oxygen atoms in total. The van der Waals surface area contributed by atoms with Gasteiger partial charge in [0.25, 0.3) is 0 Å². The second-order valence-electron chi connectivity index (χ2n) is 7.26. The number of benzene rings is 2. The van der Waals surface area contributed by atoms with E-state index in [0.717, 1.165) is 31.5 Å². The third kappa shape index (κ3) is 5.66. The molecular formula is C24H26FNO3. The van der Waals surface area contributed by atoms with E-state index in [0.29, 0.717) is 18.5 Å². The first-order valence-electron chi connectivity index (χ1n) is 9.89. The van der Waals surface area contributed by atoms with Gasteiger partial charge in [-0.15, -0.1) is 0 Å². The maximum Gasteiger partial charge on any atom is 0.167 e. The van der Waals surface area contributed by atoms with Crippen LogP contribution in [0, 0.1) is 23.6 Å². The maximum absolute atomic E-state index is 14.0. The Balaban J connectivity index is 1.61. The molecule has 1 heterocycles. The molecule has 3 rings (SSSR count). The number of hydrogen-bond donors (Lipinski definition) is 1. The number of aliphatic hydroxyl groups excluding tert-OH is 1. The van der Waals surface area contributed by atoms with Crippen LogP contribution >= 0.6 is 0 Å². The van der Waals surface area contributed by atoms with Gasteiger partial charge in [0.1, 0.15) is 0 Å². The van der Waals surface area contributed by atoms with E-state index in [1.54, 1.807) is 6.07 Å². The molecule has 0 saturated carbocycles. The van der Waals surface area contributed by atoms with Gasteiger partial charge in [-0.3, -0.25) is 9.69 Å². The number of likely N-dealkylation sites (tertiary alicyclic amines) is 1. The highest BCUT2D eigenvalue weighted by molar-refractivity contribution is 5.98. The van der Waals surface area contributed by atoms with Crippen LogP contribution < -0.4 is 4.74 Å². The minimum absolute atomic E-state index is 0.00856. The lowest BCUT2D eigenvalue weighted by Crippen LogP contribution is -2.38. The van der Waals surface area contributed by atoms with Crippen molar-refractivity contribution in [2.24, 2.45) is 5.92 Å². The number of ether oxygens (including phenoxy) is 1. The predicted molar refractivity (Wildman–Crippen MR) is 110 cm³/mol. The standard InChI is InChI=1S/C24H26FNO3/c1-29-23-12-11-20(15-22(23)25)24(28)21-6-4-13-26(17-21)16-19-9-7-18(8-10-19)5-2-3-14-27/h7-12,15,21,27H,3-4,6,13-14,16-17H2,1H3/t21-/m0/s1. The Morgan fingerprint density at radius 3 is 2.76 bits per heavy atom. The van der Waals surface area contributed by atoms with Gasteiger partial charge in [-0.2, -0.15) is 0 Å². The number of methoxy groups -OCH3 is 1. The molecule has 1 N–H and O–H groups in total. The molecule has 29 heavy (non-hydrogen) atoms. The summed E-state index contributed by atoms with van der Waals surface area (Å²) >= 11 is 0. The lowest BCUT2D eigenvalue weighted by Gasteiger charge is -2.32. The monoisotopic (exact) mass is 395 g/mol. The van der Waals surface area contributed by atoms with E-state index in [9.17, 15) is 9.18 Å². The summed E-state index contributed by atoms with van der Waals surface area (Å²) in [6.45, 7) is 2.46. The second kappa shape index (κ2) is 10.2. The van der Waals surface area contributed by atoms with Crippen molar-refractivity contribution in [3.05, 3.63) is 65.0 Å². The van der Waals surface area contributed by atoms with Crippen molar-refractivity contribution < 1.29 is 19.0 Å². The number of piperidine rings is 1. The average molecular weight is 395 g/mol. The Bertz CT molecular complexity index is 899. The van der Waals surface area contributed by atoms with E-state index in [2.05, 4.69) is 16.7 Å². The van der Waals surface area contributed by atoms with Crippen LogP contribution in [0.3, 0.4) is 0 Å². The third-order valence-electron chi connectivity index (χ3n) is 5.14. The van der Waals surface area contributed by atoms with Crippen molar-refractivity contribution in [1.82, 2.24) is 4.90 Å². The molecule has 1 saturated heterocycles. The van der Waals surface area contributed by atoms with Gasteiger partial charge in [0, 0.05) is 36.6 Å². The molecule has 2 aromatic carbocycles. The molecule has 5 heteroatoms. The van der Waals surface area contributed by atoms with Crippen molar-refractivity contribution in [3.63, 3.8) is 0 Å². The molecule has 0 bridgehead atoms. The topological polar surface area (TPSA) is 49.8 Å². The Kier molecular flexibility index (Phi) is 7.40. The summed E-state index contributed by atoms with van der Waals surface area (Å²) in [5, 5.41) is 8.78. The van der Waals surface area contributed by atoms with Gasteiger partial charge in [0.15, 0.2) is 17.3 Å². The highest BCUT2D eigenvalue weighted by atomic mass is 19.1. The van der Waals surface area contributed by atoms with Crippen LogP contribution in [0.15, 0.2) is 42.5 Å². The van der Waals surface area contributed by atoms with Gasteiger partial charge < -0.3 is 9.84 Å². The minimum Gasteiger partial charge on any atom is -0.494 e. The fourth-order valence-corrected chi connectivity index (χ4v) is 3.64. The first kappa shape index (κ1) is 21.0. The van der Waals surface area contributed by atoms with Gasteiger partial charge in [-0.1, -0.05) is 24.0 Å². The Morgan fingerprint density at radius 1 is 1.28 bits per heavy atom. The Labute approximate surface area is 171 Å². The van der Waals surface area contributed by atoms with Gasteiger partial charge in [0.2, 0.25) is 0 Å². The van der Waals surface area contributed by atoms with E-state index in [4.69, 9.17) is 9.84 Å². The molecule has 1 aliphatic heterocycles. The number of halogens is 1. The van der Waals surface area contributed by atoms with Crippen LogP contribution in [0.25, 0.3) is 0 Å². The second-order valence-corrected chi connectivity index (χ2v) is 7.26. The van der Waals surface area contributed by atoms with Crippen molar-refractivity contribution in [2.45, 2.75) is 25.8 Å². The number of nitrogens with zero attached hydrogens (tertiary/aromatic N) is 1. The first-order valence-corrected chi connectivity index (χ1v) is 9.89. The number of rotatable bonds is 6. The summed E-state index contributed by atoms with van der Waals surface area (Å²) in [7, 11) is 1.41. The molecule has 0 aromatic heterocycles. The molecule has 0 aliphatic carbocycles. The molecular weight excluding hydrogens is 369 g/mol. The molecule has 1 atom stereocenters. The number of aliphatic hydroxyl groups is 1. The molecule has 1 fully saturated rings. The summed E-state index contributed by atoms with van der Waals surface area (Å²) in [6.07, 6.45) is 2.24. The SMILES string of the molecule is COc1ccc(C(=O)[C@H]2CCCN(Cc3ccc(C#CCCO)cc3)C2)cc1F. The fourth-order valence-electron chi connectivity index (χ4n) is 3.64. The number of carbonyl (C=O) groups is 1. The van der Waals surface area contributed by atoms with Crippen LogP contribution in [-0.4, -0.2) is 42.6 Å². The minimum atomic E-state index is -0.506. The summed E-state index contributed by atoms with van der Waals surface area (Å²) in [5.74, 6) is 5.45. The predicted octanol–water partition coefficient (Wildman–Crippen LogP) is 3.66. The summed E-state index contributed by atoms with van der Waals surface area (Å²) in [6, 6.07) is 12.5. The Morgan fingerprint density at radius 2 is 2.07 bits per heavy atom. The molecule has 0 amide bonds. The highest BCUT2D eigenvalue weighted by Gasteiger charge is 2.27. The van der Waals surface area contributed by atoms with Crippen molar-refractivity contribution >= 4 is 5.78 Å². The fraction of sp³-hybridized carbons (Fsp3) is 0.375. The van der Waals surface area contributed by atoms with Gasteiger partial charge in [0.05, 0.1) is 13.7 Å². The molecule has 0 spiro atoms. The van der Waals surface area contributed by atoms with Crippen LogP contribution in [0.5, 0.6) is 5.75 Å². The van der Waals surface area contributed by atoms with E-state index < -0.39 is 5.82 Å². The normalized spacial score (nSPS) is 16.7. The lowest BCUT2D eigenvalue weighted by molar-refractivity contribution is 0.0811. The van der Waals surface area contributed by atoms with Crippen LogP contribution in [0.1, 0.15) is 40.7 Å². The maximum atomic E-state index is 14.0. The van der Waals surface area contributed by atoms with Crippen LogP contribution in [0.4, 0.5) is 4.39 Å². The van der Waals surface area contributed by atoms with Crippen molar-refractivity contribution in [2.75, 3.05) is 26.8 Å². The molecule has 152 valence electrons. The summed E-state index contributed by atoms with van der Waals surface area (Å²) in [5.41, 5.74) is 2.50. The third-order valence-corrected chi connectivity index (χ3v) is 5.14. The first-order chi connectivity index (χ1) is 14.1. The molecule has 2 aromatic rings. The molecule has 1 aliphatic rings. The van der Waals surface area contributed by atoms with Gasteiger partial charge in [-0.05, 0) is 55.3 Å². The number of Topliss-reactive ketones (excluding diaryl/α,β-unsaturated/α-hetero) is 1. The van der Waals surface area contributed by atoms with Gasteiger partial charge in [-0.25, -0.2) is 4.39 Å². The van der Waals surface area contributed by atoms with Crippen LogP contribution in [-0.2, 0) is 6.54 Å². The molecule has 0 radical (unpaired) electrons. The zero-order valence-electron chi connectivity index (χ0n) is 16.7. The molecule has 0 unspecified atom stereocenters. The smallest absolute Gasteiger partial charge is 0.167 e. The quantitative estimate of drug-likeness (QED) is 0.599. The van der Waals surface area contributed by atoms with Crippen LogP contribution in [0.2, 0.25) is 0 Å². The lowest BCUT2D eigenvalue weighted by atomic mass is 9.89. The number of ketones is 1. The zero-order valence-corrected chi connectivity index (χ0v) is 16.7. The van der Waals surface area contributed by atoms with E-state index in [1.165, 1.54) is 24.8 Å². The van der Waals surface area contributed by atoms with Crippen molar-refractivity contribution in [1.29, 1.82) is 0 Å². The highest BCUT2D eigenvalue weighted by Crippen LogP contribution is 2.25. The zero-order chi connectivity index (χ0) is 20.6. The average Bonchev–Trinajstić information content (AvgIpc) is 2.75. The summed E-state index contributed by atoms with van der Waals surface area (Å²) in [4.78, 5) is 15.1. The van der Waals surface area contributed by atoms with E-state index in [1.807, 2.05) is 24.3 Å². The van der Waals surface area contributed by atoms with Crippen molar-refractivity contribution in [3.8, 4) is 17.6 Å². The van der Waals surface area contributed by atoms with Gasteiger partial charge >= 0.3 is 0 Å². The van der Waals surface area contributed by atoms with E-state index in [-0.39, 0.29) is 24.1 Å².